The standard InChI is InChI=1S/C15H18ClNO6/c1-9(18)22-10(2)23-15(21)17-13(7-8-14(19)20)11-3-5-12(16)6-4-11/h3-6,10,13H,7-8H2,1-2H3,(H,17,21)(H,19,20). The van der Waals surface area contributed by atoms with Gasteiger partial charge >= 0.3 is 18.0 Å². The van der Waals surface area contributed by atoms with E-state index in [1.165, 1.54) is 13.8 Å². The average molecular weight is 344 g/mol. The summed E-state index contributed by atoms with van der Waals surface area (Å²) >= 11 is 5.81. The van der Waals surface area contributed by atoms with E-state index in [0.29, 0.717) is 10.6 Å². The number of hydrogen-bond donors (Lipinski definition) is 2. The Balaban J connectivity index is 2.72. The normalized spacial score (nSPS) is 12.8. The molecule has 0 saturated heterocycles. The first kappa shape index (κ1) is 18.8. The van der Waals surface area contributed by atoms with Crippen LogP contribution in [0.15, 0.2) is 24.3 Å². The summed E-state index contributed by atoms with van der Waals surface area (Å²) in [7, 11) is 0. The van der Waals surface area contributed by atoms with Crippen molar-refractivity contribution in [3.8, 4) is 0 Å². The molecule has 0 aromatic heterocycles. The van der Waals surface area contributed by atoms with Gasteiger partial charge in [0.15, 0.2) is 0 Å². The molecular weight excluding hydrogens is 326 g/mol. The van der Waals surface area contributed by atoms with Gasteiger partial charge in [-0.25, -0.2) is 4.79 Å². The van der Waals surface area contributed by atoms with Gasteiger partial charge < -0.3 is 19.9 Å². The zero-order valence-corrected chi connectivity index (χ0v) is 13.5. The Kier molecular flexibility index (Phi) is 7.34. The summed E-state index contributed by atoms with van der Waals surface area (Å²) < 4.78 is 9.57. The van der Waals surface area contributed by atoms with Crippen LogP contribution in [0.4, 0.5) is 4.79 Å². The average Bonchev–Trinajstić information content (AvgIpc) is 2.43. The molecule has 126 valence electrons. The van der Waals surface area contributed by atoms with Crippen molar-refractivity contribution in [2.45, 2.75) is 39.0 Å². The summed E-state index contributed by atoms with van der Waals surface area (Å²) in [5.74, 6) is -1.56. The van der Waals surface area contributed by atoms with Crippen molar-refractivity contribution in [2.24, 2.45) is 0 Å². The number of alkyl carbamates (subject to hydrolysis) is 1. The summed E-state index contributed by atoms with van der Waals surface area (Å²) in [5, 5.41) is 11.9. The first-order valence-electron chi connectivity index (χ1n) is 6.89. The molecule has 1 aromatic rings. The van der Waals surface area contributed by atoms with Gasteiger partial charge in [0.05, 0.1) is 6.04 Å². The van der Waals surface area contributed by atoms with Gasteiger partial charge in [-0.1, -0.05) is 23.7 Å². The van der Waals surface area contributed by atoms with Gasteiger partial charge in [-0.15, -0.1) is 0 Å². The fourth-order valence-electron chi connectivity index (χ4n) is 1.87. The Morgan fingerprint density at radius 3 is 2.35 bits per heavy atom. The molecule has 0 saturated carbocycles. The number of ether oxygens (including phenoxy) is 2. The largest absolute Gasteiger partial charge is 0.481 e. The molecule has 0 aliphatic carbocycles. The molecule has 0 aliphatic heterocycles. The molecule has 1 rings (SSSR count). The number of carboxylic acids is 1. The molecule has 0 bridgehead atoms. The molecule has 0 fully saturated rings. The number of nitrogens with one attached hydrogen (secondary N) is 1. The van der Waals surface area contributed by atoms with E-state index >= 15 is 0 Å². The lowest BCUT2D eigenvalue weighted by Crippen LogP contribution is -2.33. The quantitative estimate of drug-likeness (QED) is 0.583. The van der Waals surface area contributed by atoms with Crippen LogP contribution in [0, 0.1) is 0 Å². The summed E-state index contributed by atoms with van der Waals surface area (Å²) in [5.41, 5.74) is 0.688. The number of amides is 1. The molecule has 1 amide bonds. The Morgan fingerprint density at radius 2 is 1.83 bits per heavy atom. The minimum atomic E-state index is -1.04. The third-order valence-electron chi connectivity index (χ3n) is 2.82. The SMILES string of the molecule is CC(=O)OC(C)OC(=O)NC(CCC(=O)O)c1ccc(Cl)cc1. The molecule has 1 aromatic carbocycles. The second kappa shape index (κ2) is 8.99. The van der Waals surface area contributed by atoms with Crippen LogP contribution in [0.2, 0.25) is 5.02 Å². The fraction of sp³-hybridized carbons (Fsp3) is 0.400. The van der Waals surface area contributed by atoms with Crippen LogP contribution >= 0.6 is 11.6 Å². The Morgan fingerprint density at radius 1 is 1.22 bits per heavy atom. The maximum atomic E-state index is 11.8. The highest BCUT2D eigenvalue weighted by atomic mass is 35.5. The van der Waals surface area contributed by atoms with E-state index in [1.54, 1.807) is 24.3 Å². The number of esters is 1. The molecule has 23 heavy (non-hydrogen) atoms. The maximum absolute atomic E-state index is 11.8. The minimum Gasteiger partial charge on any atom is -0.481 e. The zero-order valence-electron chi connectivity index (χ0n) is 12.7. The van der Waals surface area contributed by atoms with E-state index in [1.807, 2.05) is 0 Å². The number of rotatable bonds is 7. The van der Waals surface area contributed by atoms with Crippen LogP contribution in [0.1, 0.15) is 38.3 Å². The number of benzene rings is 1. The highest BCUT2D eigenvalue weighted by molar-refractivity contribution is 6.30. The van der Waals surface area contributed by atoms with Crippen LogP contribution < -0.4 is 5.32 Å². The lowest BCUT2D eigenvalue weighted by Gasteiger charge is -2.20. The summed E-state index contributed by atoms with van der Waals surface area (Å²) in [4.78, 5) is 33.4. The number of aliphatic carboxylic acids is 1. The molecule has 0 radical (unpaired) electrons. The van der Waals surface area contributed by atoms with E-state index in [9.17, 15) is 14.4 Å². The Hall–Kier alpha value is -2.28. The van der Waals surface area contributed by atoms with Gasteiger partial charge in [-0.05, 0) is 24.1 Å². The van der Waals surface area contributed by atoms with E-state index in [0.717, 1.165) is 0 Å². The lowest BCUT2D eigenvalue weighted by molar-refractivity contribution is -0.162. The fourth-order valence-corrected chi connectivity index (χ4v) is 2.00. The van der Waals surface area contributed by atoms with Crippen LogP contribution in [-0.4, -0.2) is 29.4 Å². The molecule has 2 atom stereocenters. The highest BCUT2D eigenvalue weighted by Gasteiger charge is 2.19. The van der Waals surface area contributed by atoms with E-state index in [2.05, 4.69) is 10.1 Å². The number of hydrogen-bond acceptors (Lipinski definition) is 5. The molecular formula is C15H18ClNO6. The molecule has 2 N–H and O–H groups in total. The van der Waals surface area contributed by atoms with Gasteiger partial charge in [0.1, 0.15) is 0 Å². The first-order chi connectivity index (χ1) is 10.8. The Labute approximate surface area is 138 Å². The molecule has 0 aliphatic rings. The highest BCUT2D eigenvalue weighted by Crippen LogP contribution is 2.21. The van der Waals surface area contributed by atoms with Gasteiger partial charge in [0.2, 0.25) is 6.29 Å². The van der Waals surface area contributed by atoms with E-state index in [-0.39, 0.29) is 12.8 Å². The topological polar surface area (TPSA) is 102 Å². The van der Waals surface area contributed by atoms with Gasteiger partial charge in [0, 0.05) is 25.3 Å². The summed E-state index contributed by atoms with van der Waals surface area (Å²) in [6.45, 7) is 2.59. The molecule has 0 heterocycles. The van der Waals surface area contributed by atoms with E-state index < -0.39 is 30.4 Å². The minimum absolute atomic E-state index is 0.132. The summed E-state index contributed by atoms with van der Waals surface area (Å²) in [6, 6.07) is 6.08. The third kappa shape index (κ3) is 7.51. The van der Waals surface area contributed by atoms with Crippen LogP contribution in [-0.2, 0) is 19.1 Å². The second-order valence-corrected chi connectivity index (χ2v) is 5.20. The van der Waals surface area contributed by atoms with Crippen molar-refractivity contribution in [3.63, 3.8) is 0 Å². The van der Waals surface area contributed by atoms with Crippen LogP contribution in [0.5, 0.6) is 0 Å². The van der Waals surface area contributed by atoms with Crippen molar-refractivity contribution in [1.82, 2.24) is 5.32 Å². The monoisotopic (exact) mass is 343 g/mol. The molecule has 8 heteroatoms. The number of carboxylic acid groups (broad SMARTS) is 1. The smallest absolute Gasteiger partial charge is 0.410 e. The number of halogens is 1. The van der Waals surface area contributed by atoms with Crippen LogP contribution in [0.3, 0.4) is 0 Å². The van der Waals surface area contributed by atoms with Crippen molar-refractivity contribution in [2.75, 3.05) is 0 Å². The zero-order chi connectivity index (χ0) is 17.4. The molecule has 0 spiro atoms. The van der Waals surface area contributed by atoms with Gasteiger partial charge in [-0.3, -0.25) is 9.59 Å². The van der Waals surface area contributed by atoms with Gasteiger partial charge in [-0.2, -0.15) is 0 Å². The van der Waals surface area contributed by atoms with Crippen LogP contribution in [0.25, 0.3) is 0 Å². The van der Waals surface area contributed by atoms with Crippen molar-refractivity contribution < 1.29 is 29.0 Å². The number of carbonyl (C=O) groups is 3. The van der Waals surface area contributed by atoms with E-state index in [4.69, 9.17) is 21.4 Å². The second-order valence-electron chi connectivity index (χ2n) is 4.76. The molecule has 2 unspecified atom stereocenters. The predicted molar refractivity (Wildman–Crippen MR) is 81.9 cm³/mol. The van der Waals surface area contributed by atoms with Crippen molar-refractivity contribution in [3.05, 3.63) is 34.9 Å². The third-order valence-corrected chi connectivity index (χ3v) is 3.07. The summed E-state index contributed by atoms with van der Waals surface area (Å²) in [6.07, 6.45) is -1.82. The van der Waals surface area contributed by atoms with Crippen molar-refractivity contribution in [1.29, 1.82) is 0 Å². The maximum Gasteiger partial charge on any atom is 0.410 e. The predicted octanol–water partition coefficient (Wildman–Crippen LogP) is 2.88. The number of carbonyl (C=O) groups excluding carboxylic acids is 2. The first-order valence-corrected chi connectivity index (χ1v) is 7.27. The Bertz CT molecular complexity index is 560. The van der Waals surface area contributed by atoms with Crippen molar-refractivity contribution >= 4 is 29.6 Å². The van der Waals surface area contributed by atoms with Gasteiger partial charge in [0.25, 0.3) is 0 Å². The lowest BCUT2D eigenvalue weighted by atomic mass is 10.0. The molecule has 7 nitrogen and oxygen atoms in total.